The molecule has 0 fully saturated rings. The number of carbonyl (C=O) groups excluding carboxylic acids is 1. The molecule has 2 heterocycles. The summed E-state index contributed by atoms with van der Waals surface area (Å²) >= 11 is 7.65. The highest BCUT2D eigenvalue weighted by molar-refractivity contribution is 7.07. The van der Waals surface area contributed by atoms with Crippen LogP contribution in [-0.4, -0.2) is 35.3 Å². The first-order chi connectivity index (χ1) is 21.7. The highest BCUT2D eigenvalue weighted by atomic mass is 35.5. The fraction of sp³-hybridized carbons (Fsp3) is 0.235. The number of aromatic nitrogens is 1. The Labute approximate surface area is 268 Å². The maximum atomic E-state index is 14.0. The quantitative estimate of drug-likeness (QED) is 0.213. The number of methoxy groups -OCH3 is 1. The molecule has 3 aromatic carbocycles. The summed E-state index contributed by atoms with van der Waals surface area (Å²) in [6, 6.07) is 18.0. The summed E-state index contributed by atoms with van der Waals surface area (Å²) in [6.45, 7) is 4.10. The topological polar surface area (TPSA) is 116 Å². The largest absolute Gasteiger partial charge is 0.496 e. The van der Waals surface area contributed by atoms with E-state index in [1.807, 2.05) is 19.1 Å². The lowest BCUT2D eigenvalue weighted by atomic mass is 9.93. The van der Waals surface area contributed by atoms with E-state index in [4.69, 9.17) is 30.8 Å². The second-order valence-electron chi connectivity index (χ2n) is 10.2. The van der Waals surface area contributed by atoms with Gasteiger partial charge in [-0.3, -0.25) is 9.36 Å². The van der Waals surface area contributed by atoms with Gasteiger partial charge in [0.05, 0.1) is 35.1 Å². The Kier molecular flexibility index (Phi) is 9.85. The molecule has 9 nitrogen and oxygen atoms in total. The third-order valence-corrected chi connectivity index (χ3v) is 8.35. The number of esters is 1. The van der Waals surface area contributed by atoms with Gasteiger partial charge >= 0.3 is 11.9 Å². The number of carboxylic acids is 1. The van der Waals surface area contributed by atoms with Crippen molar-refractivity contribution >= 4 is 41.0 Å². The van der Waals surface area contributed by atoms with Crippen LogP contribution >= 0.6 is 22.9 Å². The van der Waals surface area contributed by atoms with Crippen LogP contribution in [0.25, 0.3) is 6.08 Å². The first-order valence-electron chi connectivity index (χ1n) is 14.3. The van der Waals surface area contributed by atoms with Gasteiger partial charge in [-0.1, -0.05) is 60.5 Å². The monoisotopic (exact) mass is 646 g/mol. The molecular formula is C34H31ClN2O7S. The zero-order valence-electron chi connectivity index (χ0n) is 24.9. The Morgan fingerprint density at radius 3 is 2.56 bits per heavy atom. The van der Waals surface area contributed by atoms with E-state index in [9.17, 15) is 19.5 Å². The van der Waals surface area contributed by atoms with E-state index >= 15 is 0 Å². The molecule has 0 bridgehead atoms. The SMILES string of the molecule is CCCC1=C(C(=O)OCC)[C@@H](c2cc(Cl)ccc2OC)n2c(s/c(=C/c3ccc(OCc4cccc(C(=O)O)c4)cc3)c2=O)=N1. The molecule has 11 heteroatoms. The molecule has 0 aliphatic carbocycles. The molecule has 0 unspecified atom stereocenters. The number of carboxylic acid groups (broad SMARTS) is 1. The normalized spacial score (nSPS) is 14.5. The standard InChI is InChI=1S/C34H31ClN2O7S/c1-4-7-26-29(33(41)43-5-2)30(25-18-23(35)12-15-27(25)42-3)37-31(38)28(45-34(37)36-26)17-20-10-13-24(14-11-20)44-19-21-8-6-9-22(16-21)32(39)40/h6,8-18,30H,4-5,7,19H2,1-3H3,(H,39,40)/b28-17+/t30-/m1/s1. The highest BCUT2D eigenvalue weighted by Gasteiger charge is 2.36. The fourth-order valence-electron chi connectivity index (χ4n) is 5.11. The molecule has 1 atom stereocenters. The van der Waals surface area contributed by atoms with E-state index in [1.165, 1.54) is 29.1 Å². The van der Waals surface area contributed by atoms with Crippen molar-refractivity contribution < 1.29 is 28.9 Å². The van der Waals surface area contributed by atoms with Crippen molar-refractivity contribution in [3.63, 3.8) is 0 Å². The predicted octanol–water partition coefficient (Wildman–Crippen LogP) is 5.52. The summed E-state index contributed by atoms with van der Waals surface area (Å²) in [6.07, 6.45) is 3.01. The van der Waals surface area contributed by atoms with Crippen LogP contribution in [-0.2, 0) is 16.1 Å². The molecule has 0 saturated heterocycles. The minimum Gasteiger partial charge on any atom is -0.496 e. The molecule has 4 aromatic rings. The molecule has 232 valence electrons. The lowest BCUT2D eigenvalue weighted by Crippen LogP contribution is -2.40. The van der Waals surface area contributed by atoms with Gasteiger partial charge in [-0.15, -0.1) is 0 Å². The molecule has 1 N–H and O–H groups in total. The van der Waals surface area contributed by atoms with Gasteiger partial charge < -0.3 is 19.3 Å². The van der Waals surface area contributed by atoms with Gasteiger partial charge in [-0.2, -0.15) is 0 Å². The van der Waals surface area contributed by atoms with Gasteiger partial charge in [0.15, 0.2) is 4.80 Å². The molecule has 0 saturated carbocycles. The van der Waals surface area contributed by atoms with Crippen molar-refractivity contribution in [1.82, 2.24) is 4.57 Å². The average Bonchev–Trinajstić information content (AvgIpc) is 3.34. The molecule has 0 spiro atoms. The first kappa shape index (κ1) is 31.7. The summed E-state index contributed by atoms with van der Waals surface area (Å²) in [4.78, 5) is 44.0. The number of ether oxygens (including phenoxy) is 3. The van der Waals surface area contributed by atoms with Crippen LogP contribution in [0.15, 0.2) is 87.8 Å². The Morgan fingerprint density at radius 2 is 1.87 bits per heavy atom. The number of nitrogens with zero attached hydrogens (tertiary/aromatic N) is 2. The molecule has 0 radical (unpaired) electrons. The number of thiazole rings is 1. The van der Waals surface area contributed by atoms with Crippen molar-refractivity contribution in [2.75, 3.05) is 13.7 Å². The third-order valence-electron chi connectivity index (χ3n) is 7.14. The van der Waals surface area contributed by atoms with Crippen molar-refractivity contribution in [1.29, 1.82) is 0 Å². The van der Waals surface area contributed by atoms with Gasteiger partial charge in [0.1, 0.15) is 24.1 Å². The minimum absolute atomic E-state index is 0.167. The van der Waals surface area contributed by atoms with E-state index in [1.54, 1.807) is 61.5 Å². The number of fused-ring (bicyclic) bond motifs is 1. The Balaban J connectivity index is 1.54. The maximum Gasteiger partial charge on any atom is 0.338 e. The van der Waals surface area contributed by atoms with Crippen LogP contribution in [0.2, 0.25) is 5.02 Å². The Bertz CT molecular complexity index is 1960. The second-order valence-corrected chi connectivity index (χ2v) is 11.6. The smallest absolute Gasteiger partial charge is 0.338 e. The third kappa shape index (κ3) is 6.87. The molecular weight excluding hydrogens is 616 g/mol. The summed E-state index contributed by atoms with van der Waals surface area (Å²) in [5.74, 6) is -0.478. The number of halogens is 1. The lowest BCUT2D eigenvalue weighted by molar-refractivity contribution is -0.139. The number of aromatic carboxylic acids is 1. The van der Waals surface area contributed by atoms with Crippen molar-refractivity contribution in [2.45, 2.75) is 39.3 Å². The first-order valence-corrected chi connectivity index (χ1v) is 15.5. The summed E-state index contributed by atoms with van der Waals surface area (Å²) in [7, 11) is 1.53. The molecule has 45 heavy (non-hydrogen) atoms. The van der Waals surface area contributed by atoms with Gasteiger partial charge in [0.25, 0.3) is 5.56 Å². The molecule has 1 aliphatic heterocycles. The lowest BCUT2D eigenvalue weighted by Gasteiger charge is -2.27. The fourth-order valence-corrected chi connectivity index (χ4v) is 6.31. The Morgan fingerprint density at radius 1 is 1.09 bits per heavy atom. The number of benzene rings is 3. The number of rotatable bonds is 11. The van der Waals surface area contributed by atoms with E-state index in [0.717, 1.165) is 17.5 Å². The van der Waals surface area contributed by atoms with Crippen LogP contribution < -0.4 is 24.4 Å². The van der Waals surface area contributed by atoms with Gasteiger partial charge in [-0.25, -0.2) is 14.6 Å². The van der Waals surface area contributed by atoms with Crippen molar-refractivity contribution in [3.8, 4) is 11.5 Å². The van der Waals surface area contributed by atoms with Crippen molar-refractivity contribution in [2.24, 2.45) is 4.99 Å². The summed E-state index contributed by atoms with van der Waals surface area (Å²) < 4.78 is 18.9. The van der Waals surface area contributed by atoms with Gasteiger partial charge in [-0.05, 0) is 73.0 Å². The van der Waals surface area contributed by atoms with Crippen LogP contribution in [0.1, 0.15) is 59.8 Å². The maximum absolute atomic E-state index is 14.0. The molecule has 5 rings (SSSR count). The van der Waals surface area contributed by atoms with E-state index in [0.29, 0.717) is 43.5 Å². The number of allylic oxidation sites excluding steroid dienone is 1. The summed E-state index contributed by atoms with van der Waals surface area (Å²) in [5, 5.41) is 9.65. The highest BCUT2D eigenvalue weighted by Crippen LogP contribution is 2.38. The predicted molar refractivity (Wildman–Crippen MR) is 172 cm³/mol. The van der Waals surface area contributed by atoms with E-state index in [2.05, 4.69) is 0 Å². The molecule has 0 amide bonds. The number of carbonyl (C=O) groups is 2. The summed E-state index contributed by atoms with van der Waals surface area (Å²) in [5.41, 5.74) is 2.77. The molecule has 1 aromatic heterocycles. The van der Waals surface area contributed by atoms with Crippen LogP contribution in [0.4, 0.5) is 0 Å². The zero-order chi connectivity index (χ0) is 32.1. The van der Waals surface area contributed by atoms with Crippen molar-refractivity contribution in [3.05, 3.63) is 125 Å². The van der Waals surface area contributed by atoms with E-state index in [-0.39, 0.29) is 29.9 Å². The van der Waals surface area contributed by atoms with Crippen LogP contribution in [0, 0.1) is 0 Å². The minimum atomic E-state index is -0.997. The van der Waals surface area contributed by atoms with Gasteiger partial charge in [0.2, 0.25) is 0 Å². The zero-order valence-corrected chi connectivity index (χ0v) is 26.5. The Hall–Kier alpha value is -4.67. The van der Waals surface area contributed by atoms with E-state index < -0.39 is 18.0 Å². The number of hydrogen-bond donors (Lipinski definition) is 1. The molecule has 1 aliphatic rings. The van der Waals surface area contributed by atoms with Gasteiger partial charge in [0, 0.05) is 10.6 Å². The second kappa shape index (κ2) is 14.0. The van der Waals surface area contributed by atoms with Crippen LogP contribution in [0.5, 0.6) is 11.5 Å². The number of hydrogen-bond acceptors (Lipinski definition) is 8. The average molecular weight is 647 g/mol. The van der Waals surface area contributed by atoms with Crippen LogP contribution in [0.3, 0.4) is 0 Å².